The third-order valence-electron chi connectivity index (χ3n) is 5.63. The van der Waals surface area contributed by atoms with Crippen LogP contribution in [0, 0.1) is 5.92 Å². The first kappa shape index (κ1) is 17.1. The highest BCUT2D eigenvalue weighted by atomic mass is 16.5. The maximum absolute atomic E-state index is 12.6. The van der Waals surface area contributed by atoms with Gasteiger partial charge in [-0.15, -0.1) is 0 Å². The van der Waals surface area contributed by atoms with E-state index in [2.05, 4.69) is 15.7 Å². The van der Waals surface area contributed by atoms with E-state index in [-0.39, 0.29) is 5.91 Å². The number of aromatic nitrogens is 2. The zero-order valence-electron chi connectivity index (χ0n) is 15.4. The van der Waals surface area contributed by atoms with Crippen molar-refractivity contribution >= 4 is 5.91 Å². The molecule has 5 nitrogen and oxygen atoms in total. The Balaban J connectivity index is 1.31. The van der Waals surface area contributed by atoms with Crippen LogP contribution in [0.4, 0.5) is 0 Å². The molecule has 5 heteroatoms. The van der Waals surface area contributed by atoms with Gasteiger partial charge in [-0.3, -0.25) is 4.79 Å². The molecule has 0 N–H and O–H groups in total. The van der Waals surface area contributed by atoms with Gasteiger partial charge in [0.15, 0.2) is 0 Å². The Bertz CT molecular complexity index is 741. The van der Waals surface area contributed by atoms with E-state index in [4.69, 9.17) is 4.74 Å². The number of carbonyl (C=O) groups is 1. The van der Waals surface area contributed by atoms with Crippen LogP contribution in [0.2, 0.25) is 0 Å². The van der Waals surface area contributed by atoms with Gasteiger partial charge in [-0.25, -0.2) is 4.98 Å². The van der Waals surface area contributed by atoms with E-state index in [1.165, 1.54) is 18.7 Å². The largest absolute Gasteiger partial charge is 0.497 e. The number of ether oxygens (including phenoxy) is 1. The van der Waals surface area contributed by atoms with Crippen molar-refractivity contribution in [2.24, 2.45) is 5.92 Å². The van der Waals surface area contributed by atoms with E-state index >= 15 is 0 Å². The van der Waals surface area contributed by atoms with Gasteiger partial charge in [-0.05, 0) is 49.3 Å². The van der Waals surface area contributed by atoms with Crippen molar-refractivity contribution in [2.45, 2.75) is 44.6 Å². The number of nitrogens with zero attached hydrogens (tertiary/aromatic N) is 3. The first-order chi connectivity index (χ1) is 12.7. The molecule has 0 spiro atoms. The molecule has 1 saturated heterocycles. The molecular weight excluding hydrogens is 326 g/mol. The summed E-state index contributed by atoms with van der Waals surface area (Å²) >= 11 is 0. The zero-order chi connectivity index (χ0) is 17.9. The van der Waals surface area contributed by atoms with Crippen molar-refractivity contribution in [2.75, 3.05) is 20.2 Å². The van der Waals surface area contributed by atoms with Crippen molar-refractivity contribution in [1.82, 2.24) is 14.5 Å². The van der Waals surface area contributed by atoms with Crippen molar-refractivity contribution in [1.29, 1.82) is 0 Å². The first-order valence-corrected chi connectivity index (χ1v) is 9.64. The summed E-state index contributed by atoms with van der Waals surface area (Å²) in [5.74, 6) is 3.60. The van der Waals surface area contributed by atoms with E-state index in [1.54, 1.807) is 7.11 Å². The van der Waals surface area contributed by atoms with Gasteiger partial charge >= 0.3 is 0 Å². The van der Waals surface area contributed by atoms with Gasteiger partial charge in [0.1, 0.15) is 11.6 Å². The maximum Gasteiger partial charge on any atom is 0.226 e. The topological polar surface area (TPSA) is 47.4 Å². The van der Waals surface area contributed by atoms with E-state index in [0.717, 1.165) is 49.7 Å². The summed E-state index contributed by atoms with van der Waals surface area (Å²) in [5.41, 5.74) is 1.04. The van der Waals surface area contributed by atoms with Gasteiger partial charge in [0.25, 0.3) is 0 Å². The summed E-state index contributed by atoms with van der Waals surface area (Å²) in [6, 6.07) is 7.76. The van der Waals surface area contributed by atoms with Gasteiger partial charge in [0.05, 0.1) is 13.5 Å². The second-order valence-corrected chi connectivity index (χ2v) is 7.56. The number of amides is 1. The molecule has 1 amide bonds. The van der Waals surface area contributed by atoms with E-state index in [9.17, 15) is 4.79 Å². The SMILES string of the molecule is COc1ccc(CC(=O)N2CCC(c3nccn3CC3CC3)CC2)cc1. The van der Waals surface area contributed by atoms with Gasteiger partial charge in [0.2, 0.25) is 5.91 Å². The van der Waals surface area contributed by atoms with Crippen LogP contribution in [0.3, 0.4) is 0 Å². The zero-order valence-corrected chi connectivity index (χ0v) is 15.4. The predicted octanol–water partition coefficient (Wildman–Crippen LogP) is 3.25. The summed E-state index contributed by atoms with van der Waals surface area (Å²) < 4.78 is 7.52. The summed E-state index contributed by atoms with van der Waals surface area (Å²) in [6.07, 6.45) is 9.25. The second-order valence-electron chi connectivity index (χ2n) is 7.56. The number of hydrogen-bond acceptors (Lipinski definition) is 3. The Hall–Kier alpha value is -2.30. The number of imidazole rings is 1. The van der Waals surface area contributed by atoms with E-state index in [1.807, 2.05) is 35.4 Å². The van der Waals surface area contributed by atoms with Gasteiger partial charge in [-0.1, -0.05) is 12.1 Å². The Morgan fingerprint density at radius 1 is 1.15 bits per heavy atom. The molecule has 2 aromatic rings. The molecule has 0 atom stereocenters. The average molecular weight is 353 g/mol. The second kappa shape index (κ2) is 7.52. The lowest BCUT2D eigenvalue weighted by Crippen LogP contribution is -2.39. The molecule has 4 rings (SSSR count). The van der Waals surface area contributed by atoms with Gasteiger partial charge in [0, 0.05) is 37.9 Å². The molecule has 0 radical (unpaired) electrons. The summed E-state index contributed by atoms with van der Waals surface area (Å²) in [6.45, 7) is 2.78. The van der Waals surface area contributed by atoms with Crippen LogP contribution in [-0.4, -0.2) is 40.6 Å². The molecule has 26 heavy (non-hydrogen) atoms. The van der Waals surface area contributed by atoms with Crippen LogP contribution in [0.15, 0.2) is 36.7 Å². The van der Waals surface area contributed by atoms with Crippen molar-refractivity contribution < 1.29 is 9.53 Å². The Morgan fingerprint density at radius 2 is 1.88 bits per heavy atom. The Labute approximate surface area is 155 Å². The highest BCUT2D eigenvalue weighted by Crippen LogP contribution is 2.33. The molecule has 1 aromatic heterocycles. The summed E-state index contributed by atoms with van der Waals surface area (Å²) in [4.78, 5) is 19.2. The van der Waals surface area contributed by atoms with E-state index < -0.39 is 0 Å². The molecule has 0 bridgehead atoms. The van der Waals surface area contributed by atoms with Crippen molar-refractivity contribution in [3.05, 3.63) is 48.0 Å². The highest BCUT2D eigenvalue weighted by Gasteiger charge is 2.28. The quantitative estimate of drug-likeness (QED) is 0.801. The predicted molar refractivity (Wildman–Crippen MR) is 100 cm³/mol. The minimum atomic E-state index is 0.218. The first-order valence-electron chi connectivity index (χ1n) is 9.64. The van der Waals surface area contributed by atoms with Crippen molar-refractivity contribution in [3.8, 4) is 5.75 Å². The number of benzene rings is 1. The van der Waals surface area contributed by atoms with Gasteiger partial charge in [-0.2, -0.15) is 0 Å². The minimum Gasteiger partial charge on any atom is -0.497 e. The fourth-order valence-electron chi connectivity index (χ4n) is 3.83. The molecule has 2 heterocycles. The molecule has 0 unspecified atom stereocenters. The summed E-state index contributed by atoms with van der Waals surface area (Å²) in [5, 5.41) is 0. The normalized spacial score (nSPS) is 18.1. The van der Waals surface area contributed by atoms with Crippen LogP contribution in [0.5, 0.6) is 5.75 Å². The van der Waals surface area contributed by atoms with Crippen LogP contribution in [-0.2, 0) is 17.8 Å². The molecule has 1 aliphatic carbocycles. The average Bonchev–Trinajstić information content (AvgIpc) is 3.37. The number of carbonyl (C=O) groups excluding carboxylic acids is 1. The van der Waals surface area contributed by atoms with Gasteiger partial charge < -0.3 is 14.2 Å². The van der Waals surface area contributed by atoms with Crippen LogP contribution in [0.25, 0.3) is 0 Å². The molecule has 138 valence electrons. The molecule has 1 saturated carbocycles. The number of rotatable bonds is 6. The monoisotopic (exact) mass is 353 g/mol. The molecule has 2 aliphatic rings. The van der Waals surface area contributed by atoms with E-state index in [0.29, 0.717) is 12.3 Å². The third kappa shape index (κ3) is 3.92. The molecule has 2 fully saturated rings. The lowest BCUT2D eigenvalue weighted by molar-refractivity contribution is -0.131. The highest BCUT2D eigenvalue weighted by molar-refractivity contribution is 5.78. The maximum atomic E-state index is 12.6. The molecule has 1 aromatic carbocycles. The number of methoxy groups -OCH3 is 1. The lowest BCUT2D eigenvalue weighted by Gasteiger charge is -2.32. The summed E-state index contributed by atoms with van der Waals surface area (Å²) in [7, 11) is 1.65. The Kier molecular flexibility index (Phi) is 4.96. The van der Waals surface area contributed by atoms with Crippen molar-refractivity contribution in [3.63, 3.8) is 0 Å². The fourth-order valence-corrected chi connectivity index (χ4v) is 3.83. The third-order valence-corrected chi connectivity index (χ3v) is 5.63. The number of hydrogen-bond donors (Lipinski definition) is 0. The Morgan fingerprint density at radius 3 is 2.54 bits per heavy atom. The minimum absolute atomic E-state index is 0.218. The smallest absolute Gasteiger partial charge is 0.226 e. The number of piperidine rings is 1. The molecular formula is C21H27N3O2. The molecule has 1 aliphatic heterocycles. The number of likely N-dealkylation sites (tertiary alicyclic amines) is 1. The van der Waals surface area contributed by atoms with Crippen LogP contribution in [0.1, 0.15) is 43.0 Å². The van der Waals surface area contributed by atoms with Crippen LogP contribution >= 0.6 is 0 Å². The lowest BCUT2D eigenvalue weighted by atomic mass is 9.95. The standard InChI is InChI=1S/C21H27N3O2/c1-26-19-6-4-16(5-7-19)14-20(25)23-11-8-18(9-12-23)21-22-10-13-24(21)15-17-2-3-17/h4-7,10,13,17-18H,2-3,8-9,11-12,14-15H2,1H3. The van der Waals surface area contributed by atoms with Crippen LogP contribution < -0.4 is 4.74 Å². The fraction of sp³-hybridized carbons (Fsp3) is 0.524.